The number of urea groups is 1. The van der Waals surface area contributed by atoms with E-state index in [1.54, 1.807) is 11.9 Å². The maximum atomic E-state index is 12.5. The Balaban J connectivity index is 2.63. The molecule has 0 spiro atoms. The van der Waals surface area contributed by atoms with Crippen LogP contribution in [-0.2, 0) is 4.79 Å². The van der Waals surface area contributed by atoms with E-state index in [0.717, 1.165) is 19.3 Å². The fourth-order valence-corrected chi connectivity index (χ4v) is 3.25. The Labute approximate surface area is 146 Å². The predicted octanol–water partition coefficient (Wildman–Crippen LogP) is 2.12. The van der Waals surface area contributed by atoms with Crippen molar-refractivity contribution in [2.45, 2.75) is 64.8 Å². The number of hydrogen-bond donors (Lipinski definition) is 3. The third kappa shape index (κ3) is 7.51. The second-order valence-electron chi connectivity index (χ2n) is 7.25. The lowest BCUT2D eigenvalue weighted by atomic mass is 9.84. The first-order valence-electron chi connectivity index (χ1n) is 9.35. The lowest BCUT2D eigenvalue weighted by molar-refractivity contribution is -0.123. The quantitative estimate of drug-likeness (QED) is 0.601. The molecule has 0 aromatic rings. The summed E-state index contributed by atoms with van der Waals surface area (Å²) in [5.41, 5.74) is 0. The van der Waals surface area contributed by atoms with Gasteiger partial charge in [-0.15, -0.1) is 0 Å². The molecule has 1 saturated carbocycles. The summed E-state index contributed by atoms with van der Waals surface area (Å²) in [6, 6.07) is -0.750. The topological polar surface area (TPSA) is 81.7 Å². The van der Waals surface area contributed by atoms with E-state index in [9.17, 15) is 14.7 Å². The number of carbonyl (C=O) groups excluding carboxylic acids is 2. The molecular formula is C18H35N3O3. The fraction of sp³-hybridized carbons (Fsp3) is 0.889. The molecule has 6 heteroatoms. The minimum Gasteiger partial charge on any atom is -0.395 e. The van der Waals surface area contributed by atoms with Gasteiger partial charge in [0.15, 0.2) is 0 Å². The van der Waals surface area contributed by atoms with Gasteiger partial charge in [-0.1, -0.05) is 46.0 Å². The molecule has 0 aromatic heterocycles. The molecule has 1 aliphatic carbocycles. The van der Waals surface area contributed by atoms with Gasteiger partial charge in [0.25, 0.3) is 0 Å². The molecule has 0 unspecified atom stereocenters. The molecule has 0 bridgehead atoms. The third-order valence-electron chi connectivity index (χ3n) is 4.79. The minimum absolute atomic E-state index is 0.0707. The SMILES string of the molecule is CNC(=O)[C@H](CC1CCCCC1)NC(=O)N(CCO)CCC(C)C. The first kappa shape index (κ1) is 20.7. The van der Waals surface area contributed by atoms with E-state index in [0.29, 0.717) is 31.3 Å². The van der Waals surface area contributed by atoms with Crippen molar-refractivity contribution in [1.29, 1.82) is 0 Å². The zero-order chi connectivity index (χ0) is 17.9. The highest BCUT2D eigenvalue weighted by atomic mass is 16.3. The normalized spacial score (nSPS) is 16.7. The monoisotopic (exact) mass is 341 g/mol. The molecule has 1 fully saturated rings. The Morgan fingerprint density at radius 1 is 1.17 bits per heavy atom. The van der Waals surface area contributed by atoms with Crippen molar-refractivity contribution in [2.24, 2.45) is 11.8 Å². The zero-order valence-electron chi connectivity index (χ0n) is 15.5. The molecule has 3 amide bonds. The van der Waals surface area contributed by atoms with E-state index in [-0.39, 0.29) is 18.5 Å². The lowest BCUT2D eigenvalue weighted by Crippen LogP contribution is -2.52. The van der Waals surface area contributed by atoms with Gasteiger partial charge in [0, 0.05) is 20.1 Å². The van der Waals surface area contributed by atoms with Gasteiger partial charge >= 0.3 is 6.03 Å². The standard InChI is InChI=1S/C18H35N3O3/c1-14(2)9-10-21(11-12-22)18(24)20-16(17(23)19-3)13-15-7-5-4-6-8-15/h14-16,22H,4-13H2,1-3H3,(H,19,23)(H,20,24)/t16-/m0/s1. The van der Waals surface area contributed by atoms with E-state index >= 15 is 0 Å². The van der Waals surface area contributed by atoms with E-state index in [1.807, 2.05) is 0 Å². The number of amides is 3. The number of aliphatic hydroxyl groups is 1. The van der Waals surface area contributed by atoms with Crippen LogP contribution in [0.25, 0.3) is 0 Å². The Hall–Kier alpha value is -1.30. The van der Waals surface area contributed by atoms with Gasteiger partial charge in [-0.05, 0) is 24.7 Å². The molecule has 1 atom stereocenters. The van der Waals surface area contributed by atoms with Gasteiger partial charge in [0.1, 0.15) is 6.04 Å². The van der Waals surface area contributed by atoms with Crippen molar-refractivity contribution < 1.29 is 14.7 Å². The van der Waals surface area contributed by atoms with Crippen molar-refractivity contribution >= 4 is 11.9 Å². The number of rotatable bonds is 9. The van der Waals surface area contributed by atoms with Crippen molar-refractivity contribution in [3.8, 4) is 0 Å². The Kier molecular flexibility index (Phi) is 9.76. The lowest BCUT2D eigenvalue weighted by Gasteiger charge is -2.29. The van der Waals surface area contributed by atoms with Crippen LogP contribution in [0.15, 0.2) is 0 Å². The summed E-state index contributed by atoms with van der Waals surface area (Å²) in [4.78, 5) is 26.3. The van der Waals surface area contributed by atoms with Crippen LogP contribution in [0.3, 0.4) is 0 Å². The van der Waals surface area contributed by atoms with Crippen LogP contribution in [0.5, 0.6) is 0 Å². The van der Waals surface area contributed by atoms with Crippen LogP contribution >= 0.6 is 0 Å². The largest absolute Gasteiger partial charge is 0.395 e. The smallest absolute Gasteiger partial charge is 0.318 e. The molecule has 1 aliphatic rings. The highest BCUT2D eigenvalue weighted by Gasteiger charge is 2.26. The van der Waals surface area contributed by atoms with E-state index < -0.39 is 6.04 Å². The van der Waals surface area contributed by atoms with E-state index in [1.165, 1.54) is 19.3 Å². The van der Waals surface area contributed by atoms with Gasteiger partial charge in [-0.2, -0.15) is 0 Å². The Morgan fingerprint density at radius 3 is 2.38 bits per heavy atom. The minimum atomic E-state index is -0.495. The molecule has 1 rings (SSSR count). The Bertz CT molecular complexity index is 382. The number of aliphatic hydroxyl groups excluding tert-OH is 1. The summed E-state index contributed by atoms with van der Waals surface area (Å²) < 4.78 is 0. The van der Waals surface area contributed by atoms with Gasteiger partial charge in [-0.25, -0.2) is 4.79 Å². The summed E-state index contributed by atoms with van der Waals surface area (Å²) in [6.07, 6.45) is 7.54. The number of likely N-dealkylation sites (N-methyl/N-ethyl adjacent to an activating group) is 1. The molecule has 0 saturated heterocycles. The Morgan fingerprint density at radius 2 is 1.83 bits per heavy atom. The predicted molar refractivity (Wildman–Crippen MR) is 95.7 cm³/mol. The molecule has 140 valence electrons. The maximum Gasteiger partial charge on any atom is 0.318 e. The summed E-state index contributed by atoms with van der Waals surface area (Å²) in [5.74, 6) is 0.848. The van der Waals surface area contributed by atoms with E-state index in [4.69, 9.17) is 0 Å². The third-order valence-corrected chi connectivity index (χ3v) is 4.79. The molecule has 3 N–H and O–H groups in total. The number of nitrogens with zero attached hydrogens (tertiary/aromatic N) is 1. The number of carbonyl (C=O) groups is 2. The first-order valence-corrected chi connectivity index (χ1v) is 9.35. The number of hydrogen-bond acceptors (Lipinski definition) is 3. The molecule has 24 heavy (non-hydrogen) atoms. The second kappa shape index (κ2) is 11.3. The molecule has 0 aromatic carbocycles. The summed E-state index contributed by atoms with van der Waals surface area (Å²) >= 11 is 0. The zero-order valence-corrected chi connectivity index (χ0v) is 15.5. The van der Waals surface area contributed by atoms with E-state index in [2.05, 4.69) is 24.5 Å². The van der Waals surface area contributed by atoms with Crippen molar-refractivity contribution in [3.63, 3.8) is 0 Å². The molecule has 0 radical (unpaired) electrons. The van der Waals surface area contributed by atoms with Gasteiger partial charge in [-0.3, -0.25) is 4.79 Å². The maximum absolute atomic E-state index is 12.5. The fourth-order valence-electron chi connectivity index (χ4n) is 3.25. The highest BCUT2D eigenvalue weighted by Crippen LogP contribution is 2.27. The molecular weight excluding hydrogens is 306 g/mol. The second-order valence-corrected chi connectivity index (χ2v) is 7.25. The van der Waals surface area contributed by atoms with Gasteiger partial charge in [0.2, 0.25) is 5.91 Å². The van der Waals surface area contributed by atoms with Crippen LogP contribution in [0, 0.1) is 11.8 Å². The molecule has 0 aliphatic heterocycles. The summed E-state index contributed by atoms with van der Waals surface area (Å²) in [6.45, 7) is 5.02. The van der Waals surface area contributed by atoms with Crippen molar-refractivity contribution in [1.82, 2.24) is 15.5 Å². The van der Waals surface area contributed by atoms with Gasteiger partial charge < -0.3 is 20.6 Å². The average Bonchev–Trinajstić information content (AvgIpc) is 2.57. The molecule has 6 nitrogen and oxygen atoms in total. The highest BCUT2D eigenvalue weighted by molar-refractivity contribution is 5.86. The molecule has 0 heterocycles. The van der Waals surface area contributed by atoms with Crippen LogP contribution in [0.1, 0.15) is 58.8 Å². The number of nitrogens with one attached hydrogen (secondary N) is 2. The van der Waals surface area contributed by atoms with Crippen molar-refractivity contribution in [3.05, 3.63) is 0 Å². The first-order chi connectivity index (χ1) is 11.5. The van der Waals surface area contributed by atoms with Crippen LogP contribution in [0.2, 0.25) is 0 Å². The summed E-state index contributed by atoms with van der Waals surface area (Å²) in [7, 11) is 1.60. The van der Waals surface area contributed by atoms with Crippen LogP contribution in [-0.4, -0.2) is 54.7 Å². The van der Waals surface area contributed by atoms with Crippen LogP contribution in [0.4, 0.5) is 4.79 Å². The van der Waals surface area contributed by atoms with Crippen molar-refractivity contribution in [2.75, 3.05) is 26.7 Å². The average molecular weight is 341 g/mol. The summed E-state index contributed by atoms with van der Waals surface area (Å²) in [5, 5.41) is 14.7. The van der Waals surface area contributed by atoms with Gasteiger partial charge in [0.05, 0.1) is 6.61 Å². The van der Waals surface area contributed by atoms with Crippen LogP contribution < -0.4 is 10.6 Å².